The number of carbonyl (C=O) groups excluding carboxylic acids is 2. The molecule has 0 aliphatic heterocycles. The first-order valence-electron chi connectivity index (χ1n) is 10.6. The van der Waals surface area contributed by atoms with Crippen molar-refractivity contribution in [3.05, 3.63) is 48.6 Å². The molecule has 1 aromatic carbocycles. The van der Waals surface area contributed by atoms with E-state index in [1.54, 1.807) is 0 Å². The van der Waals surface area contributed by atoms with Gasteiger partial charge in [-0.05, 0) is 44.2 Å². The van der Waals surface area contributed by atoms with Crippen LogP contribution in [0.2, 0.25) is 0 Å². The van der Waals surface area contributed by atoms with Gasteiger partial charge in [-0.1, -0.05) is 49.8 Å². The van der Waals surface area contributed by atoms with Crippen LogP contribution in [-0.4, -0.2) is 37.7 Å². The van der Waals surface area contributed by atoms with Crippen LogP contribution < -0.4 is 16.0 Å². The molecule has 1 saturated carbocycles. The molecule has 0 spiro atoms. The van der Waals surface area contributed by atoms with E-state index in [0.717, 1.165) is 31.2 Å². The van der Waals surface area contributed by atoms with Gasteiger partial charge in [0.2, 0.25) is 5.91 Å². The summed E-state index contributed by atoms with van der Waals surface area (Å²) in [4.78, 5) is 25.3. The molecule has 0 radical (unpaired) electrons. The molecule has 0 aromatic heterocycles. The number of hydrogen-bond acceptors (Lipinski definition) is 4. The Morgan fingerprint density at radius 3 is 2.66 bits per heavy atom. The number of hydrogen-bond donors (Lipinski definition) is 3. The van der Waals surface area contributed by atoms with Crippen molar-refractivity contribution in [2.24, 2.45) is 11.8 Å². The Bertz CT molecular complexity index is 665. The third-order valence-corrected chi connectivity index (χ3v) is 5.87. The second kappa shape index (κ2) is 11.6. The summed E-state index contributed by atoms with van der Waals surface area (Å²) in [6.45, 7) is 7.30. The standard InChI is InChI=1S/C23H35N3O3/c1-4-6-14-25-21(27)23(24-3)15-18(5-2)12-13-20(23)16-26-22(28)29-17-19-10-8-7-9-11-19/h5,7-11,18,20,24H,2,4,6,12-17H2,1,3H3,(H,25,27)(H,26,28)/t18-,20?,23?/m1/s1. The Hall–Kier alpha value is -2.34. The van der Waals surface area contributed by atoms with Crippen molar-refractivity contribution in [2.75, 3.05) is 20.1 Å². The lowest BCUT2D eigenvalue weighted by Crippen LogP contribution is -2.64. The fourth-order valence-corrected chi connectivity index (χ4v) is 4.04. The van der Waals surface area contributed by atoms with E-state index in [9.17, 15) is 9.59 Å². The Morgan fingerprint density at radius 2 is 2.00 bits per heavy atom. The zero-order valence-corrected chi connectivity index (χ0v) is 17.7. The van der Waals surface area contributed by atoms with Crippen molar-refractivity contribution in [3.63, 3.8) is 0 Å². The molecule has 2 unspecified atom stereocenters. The van der Waals surface area contributed by atoms with E-state index in [0.29, 0.717) is 19.5 Å². The zero-order chi connectivity index (χ0) is 21.1. The van der Waals surface area contributed by atoms with Crippen LogP contribution in [0.4, 0.5) is 4.79 Å². The molecule has 6 nitrogen and oxygen atoms in total. The van der Waals surface area contributed by atoms with Crippen LogP contribution in [0.15, 0.2) is 43.0 Å². The van der Waals surface area contributed by atoms with Crippen LogP contribution in [0.5, 0.6) is 0 Å². The van der Waals surface area contributed by atoms with E-state index in [2.05, 4.69) is 29.5 Å². The molecule has 0 bridgehead atoms. The Labute approximate surface area is 174 Å². The molecule has 0 heterocycles. The number of nitrogens with one attached hydrogen (secondary N) is 3. The number of likely N-dealkylation sites (N-methyl/N-ethyl adjacent to an activating group) is 1. The lowest BCUT2D eigenvalue weighted by Gasteiger charge is -2.45. The van der Waals surface area contributed by atoms with Crippen LogP contribution in [0.25, 0.3) is 0 Å². The Morgan fingerprint density at radius 1 is 1.24 bits per heavy atom. The molecule has 0 saturated heterocycles. The van der Waals surface area contributed by atoms with Gasteiger partial charge in [0.25, 0.3) is 0 Å². The molecule has 1 aliphatic carbocycles. The predicted molar refractivity (Wildman–Crippen MR) is 115 cm³/mol. The van der Waals surface area contributed by atoms with Gasteiger partial charge < -0.3 is 20.7 Å². The first-order chi connectivity index (χ1) is 14.1. The summed E-state index contributed by atoms with van der Waals surface area (Å²) in [6.07, 6.45) is 5.92. The van der Waals surface area contributed by atoms with Crippen molar-refractivity contribution < 1.29 is 14.3 Å². The fraction of sp³-hybridized carbons (Fsp3) is 0.565. The van der Waals surface area contributed by atoms with Crippen LogP contribution in [0.1, 0.15) is 44.6 Å². The molecule has 1 aromatic rings. The molecule has 3 N–H and O–H groups in total. The molecule has 2 rings (SSSR count). The number of amides is 2. The predicted octanol–water partition coefficient (Wildman–Crippen LogP) is 3.39. The van der Waals surface area contributed by atoms with Gasteiger partial charge in [0.15, 0.2) is 0 Å². The topological polar surface area (TPSA) is 79.5 Å². The molecule has 6 heteroatoms. The molecular formula is C23H35N3O3. The average molecular weight is 402 g/mol. The number of alkyl carbamates (subject to hydrolysis) is 1. The molecule has 2 amide bonds. The summed E-state index contributed by atoms with van der Waals surface area (Å²) in [5.41, 5.74) is 0.214. The van der Waals surface area contributed by atoms with Crippen molar-refractivity contribution in [2.45, 2.75) is 51.2 Å². The van der Waals surface area contributed by atoms with Crippen molar-refractivity contribution in [3.8, 4) is 0 Å². The van der Waals surface area contributed by atoms with E-state index in [1.807, 2.05) is 43.5 Å². The third-order valence-electron chi connectivity index (χ3n) is 5.87. The summed E-state index contributed by atoms with van der Waals surface area (Å²) in [6, 6.07) is 9.57. The highest BCUT2D eigenvalue weighted by Gasteiger charge is 2.48. The van der Waals surface area contributed by atoms with Crippen LogP contribution in [0.3, 0.4) is 0 Å². The van der Waals surface area contributed by atoms with Crippen LogP contribution in [-0.2, 0) is 16.1 Å². The highest BCUT2D eigenvalue weighted by Crippen LogP contribution is 2.37. The third kappa shape index (κ3) is 6.32. The molecular weight excluding hydrogens is 366 g/mol. The number of benzene rings is 1. The van der Waals surface area contributed by atoms with E-state index < -0.39 is 11.6 Å². The normalized spacial score (nSPS) is 23.8. The van der Waals surface area contributed by atoms with Crippen molar-refractivity contribution >= 4 is 12.0 Å². The Balaban J connectivity index is 1.98. The largest absolute Gasteiger partial charge is 0.445 e. The number of unbranched alkanes of at least 4 members (excludes halogenated alkanes) is 1. The summed E-state index contributed by atoms with van der Waals surface area (Å²) in [5.74, 6) is 0.264. The second-order valence-corrected chi connectivity index (χ2v) is 7.75. The number of carbonyl (C=O) groups is 2. The van der Waals surface area contributed by atoms with Gasteiger partial charge in [-0.3, -0.25) is 4.79 Å². The monoisotopic (exact) mass is 401 g/mol. The highest BCUT2D eigenvalue weighted by molar-refractivity contribution is 5.87. The zero-order valence-electron chi connectivity index (χ0n) is 17.7. The minimum Gasteiger partial charge on any atom is -0.445 e. The molecule has 3 atom stereocenters. The average Bonchev–Trinajstić information content (AvgIpc) is 2.76. The minimum absolute atomic E-state index is 0.00412. The van der Waals surface area contributed by atoms with Gasteiger partial charge in [-0.25, -0.2) is 4.79 Å². The smallest absolute Gasteiger partial charge is 0.407 e. The Kier molecular flexibility index (Phi) is 9.19. The first-order valence-corrected chi connectivity index (χ1v) is 10.6. The van der Waals surface area contributed by atoms with Gasteiger partial charge >= 0.3 is 6.09 Å². The molecule has 1 aliphatic rings. The lowest BCUT2D eigenvalue weighted by atomic mass is 9.67. The second-order valence-electron chi connectivity index (χ2n) is 7.75. The van der Waals surface area contributed by atoms with Crippen LogP contribution in [0, 0.1) is 11.8 Å². The van der Waals surface area contributed by atoms with E-state index in [-0.39, 0.29) is 24.3 Å². The lowest BCUT2D eigenvalue weighted by molar-refractivity contribution is -0.132. The van der Waals surface area contributed by atoms with Crippen molar-refractivity contribution in [1.82, 2.24) is 16.0 Å². The maximum Gasteiger partial charge on any atom is 0.407 e. The van der Waals surface area contributed by atoms with E-state index in [1.165, 1.54) is 0 Å². The van der Waals surface area contributed by atoms with Crippen LogP contribution >= 0.6 is 0 Å². The molecule has 1 fully saturated rings. The summed E-state index contributed by atoms with van der Waals surface area (Å²) < 4.78 is 5.32. The summed E-state index contributed by atoms with van der Waals surface area (Å²) in [5, 5.41) is 9.22. The first kappa shape index (κ1) is 22.9. The van der Waals surface area contributed by atoms with Crippen molar-refractivity contribution in [1.29, 1.82) is 0 Å². The minimum atomic E-state index is -0.725. The van der Waals surface area contributed by atoms with Gasteiger partial charge in [0.1, 0.15) is 12.1 Å². The SMILES string of the molecule is C=C[C@@H]1CCC(CNC(=O)OCc2ccccc2)C(NC)(C(=O)NCCCC)C1. The van der Waals surface area contributed by atoms with Gasteiger partial charge in [0.05, 0.1) is 0 Å². The molecule has 29 heavy (non-hydrogen) atoms. The van der Waals surface area contributed by atoms with E-state index in [4.69, 9.17) is 4.74 Å². The van der Waals surface area contributed by atoms with E-state index >= 15 is 0 Å². The maximum absolute atomic E-state index is 13.1. The number of allylic oxidation sites excluding steroid dienone is 1. The van der Waals surface area contributed by atoms with Gasteiger partial charge in [0, 0.05) is 19.0 Å². The summed E-state index contributed by atoms with van der Waals surface area (Å²) in [7, 11) is 1.82. The van der Waals surface area contributed by atoms with Gasteiger partial charge in [-0.2, -0.15) is 0 Å². The number of ether oxygens (including phenoxy) is 1. The van der Waals surface area contributed by atoms with Gasteiger partial charge in [-0.15, -0.1) is 6.58 Å². The maximum atomic E-state index is 13.1. The number of rotatable bonds is 10. The summed E-state index contributed by atoms with van der Waals surface area (Å²) >= 11 is 0. The quantitative estimate of drug-likeness (QED) is 0.415. The fourth-order valence-electron chi connectivity index (χ4n) is 4.04. The highest BCUT2D eigenvalue weighted by atomic mass is 16.5. The molecule has 160 valence electrons.